The van der Waals surface area contributed by atoms with Crippen LogP contribution in [0.25, 0.3) is 5.82 Å². The van der Waals surface area contributed by atoms with Crippen molar-refractivity contribution in [3.05, 3.63) is 99.7 Å². The van der Waals surface area contributed by atoms with Crippen molar-refractivity contribution >= 4 is 17.5 Å². The highest BCUT2D eigenvalue weighted by Crippen LogP contribution is 2.34. The second-order valence-corrected chi connectivity index (χ2v) is 9.13. The van der Waals surface area contributed by atoms with E-state index in [1.165, 1.54) is 16.9 Å². The number of nitriles is 1. The van der Waals surface area contributed by atoms with E-state index in [1.54, 1.807) is 57.2 Å². The van der Waals surface area contributed by atoms with Gasteiger partial charge in [-0.05, 0) is 68.8 Å². The molecule has 0 aliphatic rings. The maximum atomic E-state index is 13.7. The van der Waals surface area contributed by atoms with Crippen LogP contribution >= 0.6 is 11.6 Å². The standard InChI is InChI=1S/C27H22ClF3N6O2/c1-15(25-35-17(3)36-37(25)24-9-4-18(13-32)14-33-24)34-26(38)20-10-21(27(29,30)31)12-23(11-20)39-16(2)19-5-7-22(28)8-6-19/h4-12,14-16H,1-3H3,(H,34,38). The zero-order chi connectivity index (χ0) is 28.3. The quantitative estimate of drug-likeness (QED) is 0.294. The molecule has 0 radical (unpaired) electrons. The minimum atomic E-state index is -4.71. The normalized spacial score (nSPS) is 12.9. The zero-order valence-electron chi connectivity index (χ0n) is 21.0. The Morgan fingerprint density at radius 3 is 2.46 bits per heavy atom. The average Bonchev–Trinajstić information content (AvgIpc) is 3.30. The van der Waals surface area contributed by atoms with Crippen LogP contribution in [0.1, 0.15) is 64.7 Å². The minimum Gasteiger partial charge on any atom is -0.486 e. The van der Waals surface area contributed by atoms with Crippen molar-refractivity contribution in [2.24, 2.45) is 0 Å². The molecule has 0 saturated heterocycles. The number of aromatic nitrogens is 4. The van der Waals surface area contributed by atoms with Crippen molar-refractivity contribution < 1.29 is 22.7 Å². The van der Waals surface area contributed by atoms with Gasteiger partial charge in [-0.15, -0.1) is 5.10 Å². The Bertz CT molecular complexity index is 1530. The molecule has 2 aromatic carbocycles. The van der Waals surface area contributed by atoms with Crippen molar-refractivity contribution in [3.63, 3.8) is 0 Å². The molecule has 2 aromatic heterocycles. The molecular weight excluding hydrogens is 533 g/mol. The molecule has 0 aliphatic carbocycles. The molecule has 1 amide bonds. The number of hydrogen-bond acceptors (Lipinski definition) is 6. The van der Waals surface area contributed by atoms with E-state index >= 15 is 0 Å². The van der Waals surface area contributed by atoms with Crippen LogP contribution in [0.4, 0.5) is 13.2 Å². The number of carbonyl (C=O) groups is 1. The van der Waals surface area contributed by atoms with Gasteiger partial charge in [0.2, 0.25) is 0 Å². The lowest BCUT2D eigenvalue weighted by molar-refractivity contribution is -0.137. The van der Waals surface area contributed by atoms with E-state index in [0.717, 1.165) is 12.1 Å². The number of amides is 1. The van der Waals surface area contributed by atoms with Gasteiger partial charge in [0.15, 0.2) is 11.6 Å². The molecule has 8 nitrogen and oxygen atoms in total. The van der Waals surface area contributed by atoms with Crippen molar-refractivity contribution in [3.8, 4) is 17.6 Å². The number of hydrogen-bond donors (Lipinski definition) is 1. The topological polar surface area (TPSA) is 106 Å². The van der Waals surface area contributed by atoms with E-state index in [1.807, 2.05) is 6.07 Å². The number of nitrogens with one attached hydrogen (secondary N) is 1. The Hall–Kier alpha value is -4.43. The molecule has 0 spiro atoms. The molecule has 4 rings (SSSR count). The highest BCUT2D eigenvalue weighted by molar-refractivity contribution is 6.30. The summed E-state index contributed by atoms with van der Waals surface area (Å²) in [5.74, 6) is 0.168. The summed E-state index contributed by atoms with van der Waals surface area (Å²) in [6.07, 6.45) is -3.95. The predicted octanol–water partition coefficient (Wildman–Crippen LogP) is 6.15. The molecular formula is C27H22ClF3N6O2. The smallest absolute Gasteiger partial charge is 0.416 e. The van der Waals surface area contributed by atoms with Crippen molar-refractivity contribution in [1.82, 2.24) is 25.1 Å². The second kappa shape index (κ2) is 11.1. The number of benzene rings is 2. The van der Waals surface area contributed by atoms with Gasteiger partial charge >= 0.3 is 6.18 Å². The van der Waals surface area contributed by atoms with Gasteiger partial charge in [-0.25, -0.2) is 9.97 Å². The fourth-order valence-corrected chi connectivity index (χ4v) is 3.90. The second-order valence-electron chi connectivity index (χ2n) is 8.70. The largest absolute Gasteiger partial charge is 0.486 e. The summed E-state index contributed by atoms with van der Waals surface area (Å²) < 4.78 is 48.2. The average molecular weight is 555 g/mol. The van der Waals surface area contributed by atoms with E-state index < -0.39 is 29.8 Å². The molecule has 2 atom stereocenters. The molecule has 0 saturated carbocycles. The number of pyridine rings is 1. The van der Waals surface area contributed by atoms with Crippen LogP contribution < -0.4 is 10.1 Å². The SMILES string of the molecule is Cc1nc(C(C)NC(=O)c2cc(OC(C)c3ccc(Cl)cc3)cc(C(F)(F)F)c2)n(-c2ccc(C#N)cn2)n1. The van der Waals surface area contributed by atoms with Gasteiger partial charge in [-0.2, -0.15) is 23.1 Å². The monoisotopic (exact) mass is 554 g/mol. The van der Waals surface area contributed by atoms with Crippen LogP contribution in [0.5, 0.6) is 5.75 Å². The summed E-state index contributed by atoms with van der Waals surface area (Å²) in [5, 5.41) is 16.5. The van der Waals surface area contributed by atoms with Gasteiger partial charge in [-0.3, -0.25) is 4.79 Å². The van der Waals surface area contributed by atoms with Gasteiger partial charge in [-0.1, -0.05) is 23.7 Å². The highest BCUT2D eigenvalue weighted by atomic mass is 35.5. The Morgan fingerprint density at radius 1 is 1.13 bits per heavy atom. The third kappa shape index (κ3) is 6.53. The minimum absolute atomic E-state index is 0.120. The lowest BCUT2D eigenvalue weighted by Crippen LogP contribution is -2.29. The Labute approximate surface area is 227 Å². The maximum Gasteiger partial charge on any atom is 0.416 e. The fraction of sp³-hybridized carbons (Fsp3) is 0.222. The first kappa shape index (κ1) is 27.6. The molecule has 0 aliphatic heterocycles. The molecule has 39 heavy (non-hydrogen) atoms. The van der Waals surface area contributed by atoms with Crippen molar-refractivity contribution in [2.75, 3.05) is 0 Å². The maximum absolute atomic E-state index is 13.7. The van der Waals surface area contributed by atoms with E-state index in [0.29, 0.717) is 33.6 Å². The first-order valence-electron chi connectivity index (χ1n) is 11.7. The summed E-state index contributed by atoms with van der Waals surface area (Å²) >= 11 is 5.91. The molecule has 1 N–H and O–H groups in total. The molecule has 2 heterocycles. The first-order valence-corrected chi connectivity index (χ1v) is 12.1. The van der Waals surface area contributed by atoms with E-state index in [-0.39, 0.29) is 11.3 Å². The first-order chi connectivity index (χ1) is 18.4. The fourth-order valence-electron chi connectivity index (χ4n) is 3.77. The lowest BCUT2D eigenvalue weighted by Gasteiger charge is -2.19. The number of nitrogens with zero attached hydrogens (tertiary/aromatic N) is 5. The Balaban J connectivity index is 1.60. The summed E-state index contributed by atoms with van der Waals surface area (Å²) in [4.78, 5) is 21.7. The van der Waals surface area contributed by atoms with Gasteiger partial charge in [0.25, 0.3) is 5.91 Å². The lowest BCUT2D eigenvalue weighted by atomic mass is 10.1. The number of carbonyl (C=O) groups excluding carboxylic acids is 1. The van der Waals surface area contributed by atoms with Crippen molar-refractivity contribution in [1.29, 1.82) is 5.26 Å². The molecule has 0 bridgehead atoms. The molecule has 0 fully saturated rings. The molecule has 4 aromatic rings. The third-order valence-electron chi connectivity index (χ3n) is 5.72. The number of alkyl halides is 3. The van der Waals surface area contributed by atoms with Crippen LogP contribution in [0.2, 0.25) is 5.02 Å². The van der Waals surface area contributed by atoms with Gasteiger partial charge in [0.1, 0.15) is 23.7 Å². The van der Waals surface area contributed by atoms with Gasteiger partial charge in [0, 0.05) is 16.8 Å². The molecule has 200 valence electrons. The van der Waals surface area contributed by atoms with Crippen LogP contribution in [0, 0.1) is 18.3 Å². The zero-order valence-corrected chi connectivity index (χ0v) is 21.7. The number of ether oxygens (including phenoxy) is 1. The number of halogens is 4. The Morgan fingerprint density at radius 2 is 1.85 bits per heavy atom. The van der Waals surface area contributed by atoms with Gasteiger partial charge in [0.05, 0.1) is 17.2 Å². The predicted molar refractivity (Wildman–Crippen MR) is 136 cm³/mol. The van der Waals surface area contributed by atoms with Gasteiger partial charge < -0.3 is 10.1 Å². The van der Waals surface area contributed by atoms with Crippen LogP contribution in [-0.2, 0) is 6.18 Å². The summed E-state index contributed by atoms with van der Waals surface area (Å²) in [6, 6.07) is 13.9. The van der Waals surface area contributed by atoms with E-state index in [4.69, 9.17) is 21.6 Å². The summed E-state index contributed by atoms with van der Waals surface area (Å²) in [7, 11) is 0. The Kier molecular flexibility index (Phi) is 7.88. The van der Waals surface area contributed by atoms with E-state index in [2.05, 4.69) is 20.4 Å². The van der Waals surface area contributed by atoms with Crippen LogP contribution in [-0.4, -0.2) is 25.7 Å². The highest BCUT2D eigenvalue weighted by Gasteiger charge is 2.32. The van der Waals surface area contributed by atoms with E-state index in [9.17, 15) is 18.0 Å². The van der Waals surface area contributed by atoms with Crippen molar-refractivity contribution in [2.45, 2.75) is 39.1 Å². The summed E-state index contributed by atoms with van der Waals surface area (Å²) in [6.45, 7) is 4.95. The third-order valence-corrected chi connectivity index (χ3v) is 5.97. The number of aryl methyl sites for hydroxylation is 1. The molecule has 2 unspecified atom stereocenters. The molecule has 12 heteroatoms. The summed E-state index contributed by atoms with van der Waals surface area (Å²) in [5.41, 5.74) is -0.217. The van der Waals surface area contributed by atoms with Crippen LogP contribution in [0.15, 0.2) is 60.8 Å². The number of rotatable bonds is 7. The van der Waals surface area contributed by atoms with Crippen LogP contribution in [0.3, 0.4) is 0 Å².